The van der Waals surface area contributed by atoms with E-state index < -0.39 is 29.2 Å². The van der Waals surface area contributed by atoms with E-state index in [0.29, 0.717) is 13.1 Å². The smallest absolute Gasteiger partial charge is 0.335 e. The predicted molar refractivity (Wildman–Crippen MR) is 130 cm³/mol. The molecular weight excluding hydrogens is 473 g/mol. The highest BCUT2D eigenvalue weighted by molar-refractivity contribution is 6.15. The number of anilines is 4. The van der Waals surface area contributed by atoms with Gasteiger partial charge in [-0.3, -0.25) is 9.80 Å². The largest absolute Gasteiger partial charge is 0.384 e. The molecule has 1 aliphatic heterocycles. The molecule has 1 aliphatic rings. The van der Waals surface area contributed by atoms with Crippen molar-refractivity contribution >= 4 is 28.9 Å². The van der Waals surface area contributed by atoms with Gasteiger partial charge in [-0.05, 0) is 37.4 Å². The van der Waals surface area contributed by atoms with Crippen LogP contribution in [0.2, 0.25) is 0 Å². The zero-order valence-corrected chi connectivity index (χ0v) is 19.6. The number of hydrogen-bond donors (Lipinski definition) is 2. The van der Waals surface area contributed by atoms with E-state index in [1.165, 1.54) is 36.3 Å². The van der Waals surface area contributed by atoms with Gasteiger partial charge in [-0.25, -0.2) is 22.9 Å². The number of fused-ring (bicyclic) bond motifs is 3. The first-order valence-electron chi connectivity index (χ1n) is 11.1. The van der Waals surface area contributed by atoms with Gasteiger partial charge < -0.3 is 15.4 Å². The lowest BCUT2D eigenvalue weighted by Gasteiger charge is -2.29. The second kappa shape index (κ2) is 10.6. The highest BCUT2D eigenvalue weighted by Crippen LogP contribution is 2.45. The van der Waals surface area contributed by atoms with E-state index in [4.69, 9.17) is 4.74 Å². The highest BCUT2D eigenvalue weighted by Gasteiger charge is 2.37. The highest BCUT2D eigenvalue weighted by atomic mass is 19.1. The number of methoxy groups -OCH3 is 1. The molecule has 0 bridgehead atoms. The summed E-state index contributed by atoms with van der Waals surface area (Å²) in [5.41, 5.74) is 0.230. The number of rotatable bonds is 8. The molecule has 0 atom stereocenters. The minimum Gasteiger partial charge on any atom is -0.384 e. The third-order valence-electron chi connectivity index (χ3n) is 5.63. The summed E-state index contributed by atoms with van der Waals surface area (Å²) in [5, 5.41) is 15.3. The molecule has 0 saturated carbocycles. The maximum atomic E-state index is 15.5. The third-order valence-corrected chi connectivity index (χ3v) is 5.63. The van der Waals surface area contributed by atoms with Crippen molar-refractivity contribution in [2.24, 2.45) is 0 Å². The number of likely N-dealkylation sites (N-methyl/N-ethyl adjacent to an activating group) is 1. The molecule has 2 aromatic carbocycles. The molecule has 0 saturated heterocycles. The molecule has 3 aromatic rings. The molecule has 11 heteroatoms. The minimum absolute atomic E-state index is 0.0151. The van der Waals surface area contributed by atoms with Crippen LogP contribution < -0.4 is 20.4 Å². The molecular formula is C25H23F3N6O2. The number of hydrogen-bond acceptors (Lipinski definition) is 6. The van der Waals surface area contributed by atoms with Crippen LogP contribution in [0.4, 0.5) is 40.8 Å². The second-order valence-corrected chi connectivity index (χ2v) is 7.95. The standard InChI is InChI=1S/C25H23F3N6O2/c1-30-5-6-31-17-11-20(27)23(21(28)12-17)34-22-9-15(13-29)3-4-18(22)19-10-16(26)14-32-24(19)33(25(34)35)7-8-36-2/h3-4,9-12,14,30-31H,5-8H2,1-2H3. The Hall–Kier alpha value is -4.14. The van der Waals surface area contributed by atoms with Crippen LogP contribution in [0, 0.1) is 28.8 Å². The number of carbonyl (C=O) groups excluding carboxylic acids is 1. The zero-order chi connectivity index (χ0) is 25.8. The predicted octanol–water partition coefficient (Wildman–Crippen LogP) is 4.39. The van der Waals surface area contributed by atoms with Crippen molar-refractivity contribution in [2.75, 3.05) is 55.5 Å². The molecule has 1 aromatic heterocycles. The summed E-state index contributed by atoms with van der Waals surface area (Å²) in [4.78, 5) is 20.0. The van der Waals surface area contributed by atoms with Gasteiger partial charge in [0.2, 0.25) is 0 Å². The molecule has 4 rings (SSSR count). The van der Waals surface area contributed by atoms with Crippen LogP contribution in [0.15, 0.2) is 42.6 Å². The van der Waals surface area contributed by atoms with E-state index in [-0.39, 0.29) is 47.0 Å². The van der Waals surface area contributed by atoms with Crippen LogP contribution in [-0.2, 0) is 4.74 Å². The average Bonchev–Trinajstić information content (AvgIpc) is 2.95. The lowest BCUT2D eigenvalue weighted by Crippen LogP contribution is -2.43. The van der Waals surface area contributed by atoms with Crippen LogP contribution >= 0.6 is 0 Å². The number of urea groups is 1. The number of carbonyl (C=O) groups is 1. The van der Waals surface area contributed by atoms with Crippen molar-refractivity contribution in [1.29, 1.82) is 5.26 Å². The van der Waals surface area contributed by atoms with Crippen molar-refractivity contribution < 1.29 is 22.7 Å². The lowest BCUT2D eigenvalue weighted by molar-refractivity contribution is 0.203. The Morgan fingerprint density at radius 1 is 1.08 bits per heavy atom. The fourth-order valence-corrected chi connectivity index (χ4v) is 3.99. The monoisotopic (exact) mass is 496 g/mol. The van der Waals surface area contributed by atoms with Gasteiger partial charge in [-0.1, -0.05) is 6.07 Å². The lowest BCUT2D eigenvalue weighted by atomic mass is 10.0. The van der Waals surface area contributed by atoms with Gasteiger partial charge >= 0.3 is 6.03 Å². The van der Waals surface area contributed by atoms with Gasteiger partial charge in [-0.2, -0.15) is 5.26 Å². The maximum absolute atomic E-state index is 15.5. The number of pyridine rings is 1. The second-order valence-electron chi connectivity index (χ2n) is 7.95. The normalized spacial score (nSPS) is 12.6. The van der Waals surface area contributed by atoms with Crippen molar-refractivity contribution in [3.8, 4) is 17.2 Å². The number of nitrogens with zero attached hydrogens (tertiary/aromatic N) is 4. The fraction of sp³-hybridized carbons (Fsp3) is 0.240. The summed E-state index contributed by atoms with van der Waals surface area (Å²) in [5.74, 6) is -2.56. The summed E-state index contributed by atoms with van der Waals surface area (Å²) >= 11 is 0. The Labute approximate surface area is 205 Å². The van der Waals surface area contributed by atoms with Gasteiger partial charge in [0.15, 0.2) is 11.6 Å². The van der Waals surface area contributed by atoms with E-state index >= 15 is 8.78 Å². The summed E-state index contributed by atoms with van der Waals surface area (Å²) in [7, 11) is 3.18. The summed E-state index contributed by atoms with van der Waals surface area (Å²) in [6, 6.07) is 8.80. The number of nitrogens with one attached hydrogen (secondary N) is 2. The molecule has 0 aliphatic carbocycles. The zero-order valence-electron chi connectivity index (χ0n) is 19.6. The van der Waals surface area contributed by atoms with Gasteiger partial charge in [0.25, 0.3) is 0 Å². The van der Waals surface area contributed by atoms with Gasteiger partial charge in [0, 0.05) is 37.0 Å². The SMILES string of the molecule is CNCCNc1cc(F)c(N2C(=O)N(CCOC)c3ncc(F)cc3-c3ccc(C#N)cc32)c(F)c1. The number of amides is 2. The van der Waals surface area contributed by atoms with Crippen LogP contribution in [0.3, 0.4) is 0 Å². The first-order valence-corrected chi connectivity index (χ1v) is 11.1. The van der Waals surface area contributed by atoms with Gasteiger partial charge in [0.05, 0.1) is 36.7 Å². The molecule has 186 valence electrons. The van der Waals surface area contributed by atoms with Crippen LogP contribution in [0.5, 0.6) is 0 Å². The topological polar surface area (TPSA) is 93.5 Å². The van der Waals surface area contributed by atoms with E-state index in [9.17, 15) is 14.4 Å². The Balaban J connectivity index is 1.95. The van der Waals surface area contributed by atoms with Crippen LogP contribution in [-0.4, -0.2) is 51.4 Å². The molecule has 2 heterocycles. The van der Waals surface area contributed by atoms with E-state index in [0.717, 1.165) is 23.2 Å². The number of benzene rings is 2. The average molecular weight is 496 g/mol. The van der Waals surface area contributed by atoms with Crippen molar-refractivity contribution in [2.45, 2.75) is 0 Å². The first kappa shape index (κ1) is 25.0. The summed E-state index contributed by atoms with van der Waals surface area (Å²) in [6.07, 6.45) is 0.956. The molecule has 36 heavy (non-hydrogen) atoms. The number of nitriles is 1. The Kier molecular flexibility index (Phi) is 7.38. The molecule has 0 radical (unpaired) electrons. The van der Waals surface area contributed by atoms with Gasteiger partial charge in [-0.15, -0.1) is 0 Å². The van der Waals surface area contributed by atoms with Crippen LogP contribution in [0.25, 0.3) is 11.1 Å². The Bertz CT molecular complexity index is 1320. The fourth-order valence-electron chi connectivity index (χ4n) is 3.99. The number of aromatic nitrogens is 1. The molecule has 8 nitrogen and oxygen atoms in total. The molecule has 2 amide bonds. The summed E-state index contributed by atoms with van der Waals surface area (Å²) in [6.45, 7) is 1.04. The molecule has 0 unspecified atom stereocenters. The van der Waals surface area contributed by atoms with E-state index in [1.807, 2.05) is 6.07 Å². The molecule has 2 N–H and O–H groups in total. The van der Waals surface area contributed by atoms with E-state index in [2.05, 4.69) is 15.6 Å². The van der Waals surface area contributed by atoms with Crippen molar-refractivity contribution in [3.63, 3.8) is 0 Å². The molecule has 0 spiro atoms. The maximum Gasteiger partial charge on any atom is 0.335 e. The first-order chi connectivity index (χ1) is 17.4. The number of ether oxygens (including phenoxy) is 1. The van der Waals surface area contributed by atoms with Crippen LogP contribution in [0.1, 0.15) is 5.56 Å². The minimum atomic E-state index is -1.000. The number of halogens is 3. The quantitative estimate of drug-likeness (QED) is 0.450. The van der Waals surface area contributed by atoms with Gasteiger partial charge in [0.1, 0.15) is 17.3 Å². The summed E-state index contributed by atoms with van der Waals surface area (Å²) < 4.78 is 50.4. The Morgan fingerprint density at radius 3 is 2.50 bits per heavy atom. The molecule has 0 fully saturated rings. The van der Waals surface area contributed by atoms with Crippen molar-refractivity contribution in [3.05, 3.63) is 65.6 Å². The van der Waals surface area contributed by atoms with E-state index in [1.54, 1.807) is 7.05 Å². The van der Waals surface area contributed by atoms with Crippen molar-refractivity contribution in [1.82, 2.24) is 10.3 Å². The Morgan fingerprint density at radius 2 is 1.83 bits per heavy atom. The third kappa shape index (κ3) is 4.68.